The molecular formula is C8H13N. The van der Waals surface area contributed by atoms with Crippen molar-refractivity contribution < 1.29 is 0 Å². The van der Waals surface area contributed by atoms with Crippen molar-refractivity contribution in [1.82, 2.24) is 0 Å². The van der Waals surface area contributed by atoms with Crippen molar-refractivity contribution in [2.45, 2.75) is 13.8 Å². The third-order valence-electron chi connectivity index (χ3n) is 0.904. The van der Waals surface area contributed by atoms with Gasteiger partial charge >= 0.3 is 0 Å². The van der Waals surface area contributed by atoms with Crippen LogP contribution in [0.15, 0.2) is 29.3 Å². The van der Waals surface area contributed by atoms with E-state index in [2.05, 4.69) is 11.6 Å². The lowest BCUT2D eigenvalue weighted by atomic mass is 10.2. The highest BCUT2D eigenvalue weighted by Gasteiger charge is 1.82. The summed E-state index contributed by atoms with van der Waals surface area (Å²) in [5.41, 5.74) is 2.19. The Labute approximate surface area is 56.8 Å². The molecule has 0 saturated heterocycles. The van der Waals surface area contributed by atoms with Crippen molar-refractivity contribution in [3.8, 4) is 0 Å². The molecule has 0 aromatic heterocycles. The van der Waals surface area contributed by atoms with E-state index in [-0.39, 0.29) is 0 Å². The molecule has 0 heterocycles. The van der Waals surface area contributed by atoms with Crippen molar-refractivity contribution in [2.75, 3.05) is 7.05 Å². The molecule has 1 heteroatoms. The second kappa shape index (κ2) is 4.07. The molecule has 1 nitrogen and oxygen atoms in total. The second-order valence-corrected chi connectivity index (χ2v) is 2.07. The Morgan fingerprint density at radius 3 is 2.11 bits per heavy atom. The monoisotopic (exact) mass is 123 g/mol. The molecule has 0 atom stereocenters. The molecule has 0 aromatic carbocycles. The summed E-state index contributed by atoms with van der Waals surface area (Å²) in [6.45, 7) is 7.68. The van der Waals surface area contributed by atoms with E-state index < -0.39 is 0 Å². The van der Waals surface area contributed by atoms with E-state index in [9.17, 15) is 0 Å². The van der Waals surface area contributed by atoms with Crippen LogP contribution in [-0.2, 0) is 0 Å². The van der Waals surface area contributed by atoms with Crippen LogP contribution in [0.25, 0.3) is 0 Å². The highest BCUT2D eigenvalue weighted by molar-refractivity contribution is 6.03. The first-order valence-electron chi connectivity index (χ1n) is 2.95. The van der Waals surface area contributed by atoms with Crippen LogP contribution in [0.1, 0.15) is 13.8 Å². The highest BCUT2D eigenvalue weighted by Crippen LogP contribution is 1.90. The predicted octanol–water partition coefficient (Wildman–Crippen LogP) is 2.21. The van der Waals surface area contributed by atoms with Gasteiger partial charge in [-0.05, 0) is 26.0 Å². The van der Waals surface area contributed by atoms with Crippen LogP contribution in [0.2, 0.25) is 0 Å². The maximum atomic E-state index is 3.97. The van der Waals surface area contributed by atoms with Crippen molar-refractivity contribution in [1.29, 1.82) is 0 Å². The van der Waals surface area contributed by atoms with Crippen LogP contribution in [0, 0.1) is 0 Å². The van der Waals surface area contributed by atoms with E-state index in [0.717, 1.165) is 5.71 Å². The maximum Gasteiger partial charge on any atom is 0.0564 e. The Hall–Kier alpha value is -0.850. The summed E-state index contributed by atoms with van der Waals surface area (Å²) in [6, 6.07) is 0. The van der Waals surface area contributed by atoms with Gasteiger partial charge in [0.15, 0.2) is 0 Å². The summed E-state index contributed by atoms with van der Waals surface area (Å²) in [5, 5.41) is 0. The Morgan fingerprint density at radius 1 is 1.44 bits per heavy atom. The lowest BCUT2D eigenvalue weighted by Crippen LogP contribution is -1.85. The fourth-order valence-electron chi connectivity index (χ4n) is 0.511. The van der Waals surface area contributed by atoms with E-state index in [0.29, 0.717) is 0 Å². The predicted molar refractivity (Wildman–Crippen MR) is 43.0 cm³/mol. The normalized spacial score (nSPS) is 10.8. The van der Waals surface area contributed by atoms with Gasteiger partial charge in [0, 0.05) is 7.05 Å². The molecule has 0 aromatic rings. The van der Waals surface area contributed by atoms with Crippen LogP contribution < -0.4 is 0 Å². The first kappa shape index (κ1) is 8.15. The number of nitrogens with zero attached hydrogens (tertiary/aromatic N) is 1. The SMILES string of the molecule is C=CC(C=C(C)C)=NC. The van der Waals surface area contributed by atoms with Crippen LogP contribution in [-0.4, -0.2) is 12.8 Å². The molecule has 0 radical (unpaired) electrons. The standard InChI is InChI=1S/C8H13N/c1-5-8(9-4)6-7(2)3/h5-6H,1H2,2-4H3. The van der Waals surface area contributed by atoms with Crippen LogP contribution in [0.4, 0.5) is 0 Å². The van der Waals surface area contributed by atoms with E-state index in [1.54, 1.807) is 13.1 Å². The van der Waals surface area contributed by atoms with Crippen molar-refractivity contribution in [2.24, 2.45) is 4.99 Å². The topological polar surface area (TPSA) is 12.4 Å². The largest absolute Gasteiger partial charge is 0.289 e. The number of rotatable bonds is 2. The molecule has 0 fully saturated rings. The Bertz CT molecular complexity index is 148. The fraction of sp³-hybridized carbons (Fsp3) is 0.375. The second-order valence-electron chi connectivity index (χ2n) is 2.07. The van der Waals surface area contributed by atoms with Gasteiger partial charge in [-0.15, -0.1) is 0 Å². The van der Waals surface area contributed by atoms with Crippen LogP contribution in [0.3, 0.4) is 0 Å². The van der Waals surface area contributed by atoms with E-state index in [1.165, 1.54) is 5.57 Å². The molecule has 0 aliphatic carbocycles. The molecule has 0 unspecified atom stereocenters. The number of hydrogen-bond acceptors (Lipinski definition) is 1. The minimum absolute atomic E-state index is 0.940. The molecule has 0 aliphatic rings. The van der Waals surface area contributed by atoms with Crippen molar-refractivity contribution >= 4 is 5.71 Å². The quantitative estimate of drug-likeness (QED) is 0.499. The summed E-state index contributed by atoms with van der Waals surface area (Å²) in [7, 11) is 1.76. The lowest BCUT2D eigenvalue weighted by Gasteiger charge is -1.89. The van der Waals surface area contributed by atoms with Gasteiger partial charge in [-0.2, -0.15) is 0 Å². The minimum atomic E-state index is 0.940. The molecule has 0 rings (SSSR count). The maximum absolute atomic E-state index is 3.97. The average molecular weight is 123 g/mol. The van der Waals surface area contributed by atoms with Gasteiger partial charge in [0.25, 0.3) is 0 Å². The zero-order chi connectivity index (χ0) is 7.28. The minimum Gasteiger partial charge on any atom is -0.289 e. The molecular weight excluding hydrogens is 110 g/mol. The van der Waals surface area contributed by atoms with Crippen molar-refractivity contribution in [3.63, 3.8) is 0 Å². The lowest BCUT2D eigenvalue weighted by molar-refractivity contribution is 1.39. The summed E-state index contributed by atoms with van der Waals surface area (Å²) in [6.07, 6.45) is 3.74. The Balaban J connectivity index is 4.18. The molecule has 0 spiro atoms. The molecule has 0 aliphatic heterocycles. The van der Waals surface area contributed by atoms with E-state index in [4.69, 9.17) is 0 Å². The zero-order valence-electron chi connectivity index (χ0n) is 6.31. The van der Waals surface area contributed by atoms with Gasteiger partial charge < -0.3 is 0 Å². The summed E-state index contributed by atoms with van der Waals surface area (Å²) in [5.74, 6) is 0. The van der Waals surface area contributed by atoms with Gasteiger partial charge in [-0.1, -0.05) is 12.2 Å². The number of aliphatic imine (C=N–C) groups is 1. The highest BCUT2D eigenvalue weighted by atomic mass is 14.7. The number of allylic oxidation sites excluding steroid dienone is 3. The zero-order valence-corrected chi connectivity index (χ0v) is 6.31. The first-order chi connectivity index (χ1) is 4.20. The smallest absolute Gasteiger partial charge is 0.0564 e. The third-order valence-corrected chi connectivity index (χ3v) is 0.904. The van der Waals surface area contributed by atoms with Crippen LogP contribution >= 0.6 is 0 Å². The Morgan fingerprint density at radius 2 is 2.00 bits per heavy atom. The molecule has 0 N–H and O–H groups in total. The van der Waals surface area contributed by atoms with Gasteiger partial charge in [0.2, 0.25) is 0 Å². The third kappa shape index (κ3) is 3.71. The van der Waals surface area contributed by atoms with Gasteiger partial charge in [0.05, 0.1) is 5.71 Å². The van der Waals surface area contributed by atoms with E-state index >= 15 is 0 Å². The first-order valence-corrected chi connectivity index (χ1v) is 2.95. The fourth-order valence-corrected chi connectivity index (χ4v) is 0.511. The summed E-state index contributed by atoms with van der Waals surface area (Å²) < 4.78 is 0. The molecule has 0 amide bonds. The van der Waals surface area contributed by atoms with Crippen LogP contribution in [0.5, 0.6) is 0 Å². The number of hydrogen-bond donors (Lipinski definition) is 0. The molecule has 50 valence electrons. The molecule has 0 saturated carbocycles. The molecule has 0 bridgehead atoms. The molecule has 9 heavy (non-hydrogen) atoms. The van der Waals surface area contributed by atoms with E-state index in [1.807, 2.05) is 19.9 Å². The van der Waals surface area contributed by atoms with Gasteiger partial charge in [-0.3, -0.25) is 4.99 Å². The Kier molecular flexibility index (Phi) is 3.69. The van der Waals surface area contributed by atoms with Gasteiger partial charge in [-0.25, -0.2) is 0 Å². The summed E-state index contributed by atoms with van der Waals surface area (Å²) in [4.78, 5) is 3.97. The summed E-state index contributed by atoms with van der Waals surface area (Å²) >= 11 is 0. The van der Waals surface area contributed by atoms with Crippen molar-refractivity contribution in [3.05, 3.63) is 24.3 Å². The van der Waals surface area contributed by atoms with Gasteiger partial charge in [0.1, 0.15) is 0 Å². The average Bonchev–Trinajstić information content (AvgIpc) is 1.82.